The fraction of sp³-hybridized carbons (Fsp3) is 0.667. The molecule has 0 fully saturated rings. The molecule has 1 aromatic heterocycles. The molecule has 0 aromatic carbocycles. The average molecular weight is 183 g/mol. The van der Waals surface area contributed by atoms with Crippen molar-refractivity contribution in [1.29, 1.82) is 0 Å². The Kier molecular flexibility index (Phi) is 4.49. The zero-order valence-corrected chi connectivity index (χ0v) is 8.07. The van der Waals surface area contributed by atoms with E-state index in [4.69, 9.17) is 10.5 Å². The predicted octanol–water partition coefficient (Wildman–Crippen LogP) is 0.328. The van der Waals surface area contributed by atoms with Crippen LogP contribution in [0.2, 0.25) is 0 Å². The fourth-order valence-electron chi connectivity index (χ4n) is 1.09. The van der Waals surface area contributed by atoms with Crippen LogP contribution in [0.3, 0.4) is 0 Å². The van der Waals surface area contributed by atoms with Crippen LogP contribution in [0.25, 0.3) is 0 Å². The topological polar surface area (TPSA) is 53.1 Å². The van der Waals surface area contributed by atoms with Crippen LogP contribution in [0.4, 0.5) is 0 Å². The van der Waals surface area contributed by atoms with Gasteiger partial charge < -0.3 is 15.0 Å². The van der Waals surface area contributed by atoms with Gasteiger partial charge in [0.1, 0.15) is 5.82 Å². The van der Waals surface area contributed by atoms with Gasteiger partial charge in [-0.3, -0.25) is 0 Å². The third kappa shape index (κ3) is 3.57. The first kappa shape index (κ1) is 10.2. The normalized spacial score (nSPS) is 10.6. The highest BCUT2D eigenvalue weighted by molar-refractivity contribution is 4.90. The van der Waals surface area contributed by atoms with E-state index in [0.717, 1.165) is 31.9 Å². The lowest BCUT2D eigenvalue weighted by Gasteiger charge is -2.03. The molecule has 4 nitrogen and oxygen atoms in total. The summed E-state index contributed by atoms with van der Waals surface area (Å²) in [6.45, 7) is 2.17. The van der Waals surface area contributed by atoms with Crippen LogP contribution < -0.4 is 5.73 Å². The molecule has 0 atom stereocenters. The van der Waals surface area contributed by atoms with Crippen molar-refractivity contribution in [1.82, 2.24) is 9.55 Å². The molecule has 2 N–H and O–H groups in total. The molecule has 1 rings (SSSR count). The first-order chi connectivity index (χ1) is 6.34. The molecule has 1 aromatic rings. The number of hydrogen-bond acceptors (Lipinski definition) is 3. The highest BCUT2D eigenvalue weighted by Gasteiger charge is 1.97. The van der Waals surface area contributed by atoms with Crippen LogP contribution in [0, 0.1) is 0 Å². The third-order valence-corrected chi connectivity index (χ3v) is 1.88. The maximum atomic E-state index is 5.37. The molecule has 0 amide bonds. The number of rotatable bonds is 6. The van der Waals surface area contributed by atoms with Crippen molar-refractivity contribution >= 4 is 0 Å². The Morgan fingerprint density at radius 1 is 1.54 bits per heavy atom. The summed E-state index contributed by atoms with van der Waals surface area (Å²) >= 11 is 0. The highest BCUT2D eigenvalue weighted by atomic mass is 16.5. The fourth-order valence-corrected chi connectivity index (χ4v) is 1.09. The summed E-state index contributed by atoms with van der Waals surface area (Å²) in [5, 5.41) is 0. The predicted molar refractivity (Wildman–Crippen MR) is 51.4 cm³/mol. The van der Waals surface area contributed by atoms with Crippen molar-refractivity contribution in [2.75, 3.05) is 19.8 Å². The lowest BCUT2D eigenvalue weighted by Crippen LogP contribution is -2.08. The van der Waals surface area contributed by atoms with Gasteiger partial charge in [0.05, 0.1) is 6.61 Å². The standard InChI is InChI=1S/C9H17N3O/c1-12-6-5-11-9(12)3-8-13-7-2-4-10/h5-6H,2-4,7-8,10H2,1H3. The van der Waals surface area contributed by atoms with E-state index in [1.807, 2.05) is 17.8 Å². The second-order valence-corrected chi connectivity index (χ2v) is 2.96. The molecule has 1 heterocycles. The lowest BCUT2D eigenvalue weighted by molar-refractivity contribution is 0.134. The van der Waals surface area contributed by atoms with Crippen molar-refractivity contribution in [3.05, 3.63) is 18.2 Å². The van der Waals surface area contributed by atoms with Crippen LogP contribution in [0.15, 0.2) is 12.4 Å². The zero-order chi connectivity index (χ0) is 9.52. The minimum absolute atomic E-state index is 0.697. The summed E-state index contributed by atoms with van der Waals surface area (Å²) < 4.78 is 7.38. The molecule has 0 saturated heterocycles. The second kappa shape index (κ2) is 5.72. The Morgan fingerprint density at radius 3 is 3.00 bits per heavy atom. The van der Waals surface area contributed by atoms with E-state index in [9.17, 15) is 0 Å². The monoisotopic (exact) mass is 183 g/mol. The summed E-state index contributed by atoms with van der Waals surface area (Å²) in [5.74, 6) is 1.06. The molecular formula is C9H17N3O. The lowest BCUT2D eigenvalue weighted by atomic mass is 10.4. The van der Waals surface area contributed by atoms with E-state index in [1.165, 1.54) is 0 Å². The Morgan fingerprint density at radius 2 is 2.38 bits per heavy atom. The molecule has 0 unspecified atom stereocenters. The van der Waals surface area contributed by atoms with E-state index < -0.39 is 0 Å². The summed E-state index contributed by atoms with van der Waals surface area (Å²) in [4.78, 5) is 4.19. The minimum Gasteiger partial charge on any atom is -0.381 e. The van der Waals surface area contributed by atoms with Crippen LogP contribution in [0.1, 0.15) is 12.2 Å². The quantitative estimate of drug-likeness (QED) is 0.646. The molecule has 74 valence electrons. The Bertz CT molecular complexity index is 235. The largest absolute Gasteiger partial charge is 0.381 e. The van der Waals surface area contributed by atoms with Gasteiger partial charge in [-0.1, -0.05) is 0 Å². The number of nitrogens with zero attached hydrogens (tertiary/aromatic N) is 2. The van der Waals surface area contributed by atoms with Gasteiger partial charge in [-0.25, -0.2) is 4.98 Å². The van der Waals surface area contributed by atoms with Crippen molar-refractivity contribution < 1.29 is 4.74 Å². The molecule has 0 radical (unpaired) electrons. The van der Waals surface area contributed by atoms with E-state index in [0.29, 0.717) is 6.54 Å². The van der Waals surface area contributed by atoms with Gasteiger partial charge in [-0.15, -0.1) is 0 Å². The van der Waals surface area contributed by atoms with E-state index >= 15 is 0 Å². The Hall–Kier alpha value is -0.870. The Labute approximate surface area is 78.7 Å². The molecule has 4 heteroatoms. The molecule has 0 aliphatic rings. The minimum atomic E-state index is 0.697. The summed E-state index contributed by atoms with van der Waals surface area (Å²) in [6, 6.07) is 0. The maximum absolute atomic E-state index is 5.37. The molecule has 0 aliphatic carbocycles. The van der Waals surface area contributed by atoms with Crippen LogP contribution >= 0.6 is 0 Å². The van der Waals surface area contributed by atoms with Crippen LogP contribution in [-0.4, -0.2) is 29.3 Å². The third-order valence-electron chi connectivity index (χ3n) is 1.88. The van der Waals surface area contributed by atoms with Gasteiger partial charge in [0.25, 0.3) is 0 Å². The number of nitrogens with two attached hydrogens (primary N) is 1. The maximum Gasteiger partial charge on any atom is 0.110 e. The van der Waals surface area contributed by atoms with Gasteiger partial charge >= 0.3 is 0 Å². The molecular weight excluding hydrogens is 166 g/mol. The smallest absolute Gasteiger partial charge is 0.110 e. The van der Waals surface area contributed by atoms with E-state index in [1.54, 1.807) is 6.20 Å². The van der Waals surface area contributed by atoms with Crippen molar-refractivity contribution in [2.45, 2.75) is 12.8 Å². The Balaban J connectivity index is 2.10. The molecule has 0 bridgehead atoms. The number of hydrogen-bond donors (Lipinski definition) is 1. The molecule has 0 spiro atoms. The van der Waals surface area contributed by atoms with E-state index in [2.05, 4.69) is 4.98 Å². The van der Waals surface area contributed by atoms with Gasteiger partial charge in [0.2, 0.25) is 0 Å². The molecule has 13 heavy (non-hydrogen) atoms. The number of imidazole rings is 1. The van der Waals surface area contributed by atoms with Crippen LogP contribution in [-0.2, 0) is 18.2 Å². The van der Waals surface area contributed by atoms with Gasteiger partial charge in [-0.2, -0.15) is 0 Å². The van der Waals surface area contributed by atoms with E-state index in [-0.39, 0.29) is 0 Å². The van der Waals surface area contributed by atoms with Crippen molar-refractivity contribution in [3.63, 3.8) is 0 Å². The SMILES string of the molecule is Cn1ccnc1CCOCCCN. The van der Waals surface area contributed by atoms with Crippen LogP contribution in [0.5, 0.6) is 0 Å². The number of ether oxygens (including phenoxy) is 1. The number of aryl methyl sites for hydroxylation is 1. The first-order valence-electron chi connectivity index (χ1n) is 4.58. The summed E-state index contributed by atoms with van der Waals surface area (Å²) in [7, 11) is 1.99. The van der Waals surface area contributed by atoms with Gasteiger partial charge in [0, 0.05) is 32.5 Å². The summed E-state index contributed by atoms with van der Waals surface area (Å²) in [6.07, 6.45) is 5.54. The van der Waals surface area contributed by atoms with Crippen molar-refractivity contribution in [2.24, 2.45) is 12.8 Å². The zero-order valence-electron chi connectivity index (χ0n) is 8.07. The first-order valence-corrected chi connectivity index (χ1v) is 4.58. The number of aromatic nitrogens is 2. The molecule has 0 aliphatic heterocycles. The molecule has 0 saturated carbocycles. The highest BCUT2D eigenvalue weighted by Crippen LogP contribution is 1.95. The average Bonchev–Trinajstić information content (AvgIpc) is 2.52. The van der Waals surface area contributed by atoms with Gasteiger partial charge in [0.15, 0.2) is 0 Å². The van der Waals surface area contributed by atoms with Gasteiger partial charge in [-0.05, 0) is 13.0 Å². The summed E-state index contributed by atoms with van der Waals surface area (Å²) in [5.41, 5.74) is 5.33. The second-order valence-electron chi connectivity index (χ2n) is 2.96. The van der Waals surface area contributed by atoms with Crippen molar-refractivity contribution in [3.8, 4) is 0 Å².